The molecule has 0 aliphatic carbocycles. The van der Waals surface area contributed by atoms with Crippen LogP contribution in [0, 0.1) is 0 Å². The highest BCUT2D eigenvalue weighted by atomic mass is 16.5. The minimum absolute atomic E-state index is 0.112. The topological polar surface area (TPSA) is 35.5 Å². The van der Waals surface area contributed by atoms with Gasteiger partial charge in [0.05, 0.1) is 19.8 Å². The van der Waals surface area contributed by atoms with Crippen LogP contribution in [0.2, 0.25) is 0 Å². The lowest BCUT2D eigenvalue weighted by atomic mass is 10.2. The van der Waals surface area contributed by atoms with Crippen molar-refractivity contribution in [2.75, 3.05) is 7.11 Å². The number of esters is 1. The molecule has 0 saturated heterocycles. The molecule has 0 N–H and O–H groups in total. The van der Waals surface area contributed by atoms with Gasteiger partial charge in [-0.1, -0.05) is 30.3 Å². The van der Waals surface area contributed by atoms with E-state index in [4.69, 9.17) is 4.74 Å². The average molecular weight is 220 g/mol. The van der Waals surface area contributed by atoms with Gasteiger partial charge in [-0.15, -0.1) is 0 Å². The summed E-state index contributed by atoms with van der Waals surface area (Å²) in [5, 5.41) is 0. The predicted octanol–water partition coefficient (Wildman–Crippen LogP) is 2.32. The smallest absolute Gasteiger partial charge is 0.330 e. The van der Waals surface area contributed by atoms with E-state index in [0.29, 0.717) is 6.61 Å². The molecule has 0 aliphatic heterocycles. The van der Waals surface area contributed by atoms with Crippen molar-refractivity contribution < 1.29 is 14.3 Å². The Morgan fingerprint density at radius 2 is 2.06 bits per heavy atom. The third-order valence-corrected chi connectivity index (χ3v) is 2.06. The summed E-state index contributed by atoms with van der Waals surface area (Å²) in [5.41, 5.74) is 1.11. The Bertz CT molecular complexity index is 343. The standard InChI is InChI=1S/C13H16O3/c1-11(8-9-13(14)15-2)16-10-12-6-4-3-5-7-12/h3-9,11H,10H2,1-2H3/t11-/m0/s1. The number of hydrogen-bond donors (Lipinski definition) is 0. The number of ether oxygens (including phenoxy) is 2. The van der Waals surface area contributed by atoms with E-state index in [1.807, 2.05) is 37.3 Å². The van der Waals surface area contributed by atoms with Gasteiger partial charge in [-0.25, -0.2) is 4.79 Å². The van der Waals surface area contributed by atoms with Crippen LogP contribution in [0.15, 0.2) is 42.5 Å². The molecule has 0 unspecified atom stereocenters. The first-order valence-electron chi connectivity index (χ1n) is 5.14. The molecule has 0 bridgehead atoms. The summed E-state index contributed by atoms with van der Waals surface area (Å²) in [6, 6.07) is 9.89. The van der Waals surface area contributed by atoms with Gasteiger partial charge in [0, 0.05) is 6.08 Å². The summed E-state index contributed by atoms with van der Waals surface area (Å²) in [6.45, 7) is 2.41. The van der Waals surface area contributed by atoms with Crippen molar-refractivity contribution in [2.24, 2.45) is 0 Å². The molecule has 3 heteroatoms. The lowest BCUT2D eigenvalue weighted by Crippen LogP contribution is -2.06. The molecule has 0 fully saturated rings. The molecular weight excluding hydrogens is 204 g/mol. The van der Waals surface area contributed by atoms with Gasteiger partial charge in [0.15, 0.2) is 0 Å². The van der Waals surface area contributed by atoms with Crippen molar-refractivity contribution in [3.63, 3.8) is 0 Å². The Hall–Kier alpha value is -1.61. The van der Waals surface area contributed by atoms with E-state index in [1.54, 1.807) is 6.08 Å². The predicted molar refractivity (Wildman–Crippen MR) is 61.8 cm³/mol. The minimum atomic E-state index is -0.366. The summed E-state index contributed by atoms with van der Waals surface area (Å²) in [6.07, 6.45) is 2.93. The molecule has 3 nitrogen and oxygen atoms in total. The van der Waals surface area contributed by atoms with Crippen molar-refractivity contribution in [3.8, 4) is 0 Å². The third-order valence-electron chi connectivity index (χ3n) is 2.06. The Kier molecular flexibility index (Phi) is 5.29. The van der Waals surface area contributed by atoms with Crippen molar-refractivity contribution in [3.05, 3.63) is 48.0 Å². The fraction of sp³-hybridized carbons (Fsp3) is 0.308. The van der Waals surface area contributed by atoms with Crippen LogP contribution in [-0.2, 0) is 20.9 Å². The van der Waals surface area contributed by atoms with Crippen LogP contribution in [0.25, 0.3) is 0 Å². The van der Waals surface area contributed by atoms with Gasteiger partial charge in [-0.05, 0) is 18.6 Å². The van der Waals surface area contributed by atoms with Crippen LogP contribution >= 0.6 is 0 Å². The second-order valence-electron chi connectivity index (χ2n) is 3.38. The van der Waals surface area contributed by atoms with E-state index in [0.717, 1.165) is 5.56 Å². The second-order valence-corrected chi connectivity index (χ2v) is 3.38. The summed E-state index contributed by atoms with van der Waals surface area (Å²) in [7, 11) is 1.35. The second kappa shape index (κ2) is 6.80. The lowest BCUT2D eigenvalue weighted by Gasteiger charge is -2.08. The van der Waals surface area contributed by atoms with Crippen LogP contribution in [0.5, 0.6) is 0 Å². The Balaban J connectivity index is 2.33. The number of rotatable bonds is 5. The number of hydrogen-bond acceptors (Lipinski definition) is 3. The SMILES string of the molecule is COC(=O)C=C[C@H](C)OCc1ccccc1. The van der Waals surface area contributed by atoms with Gasteiger partial charge in [-0.2, -0.15) is 0 Å². The van der Waals surface area contributed by atoms with E-state index in [1.165, 1.54) is 13.2 Å². The lowest BCUT2D eigenvalue weighted by molar-refractivity contribution is -0.134. The van der Waals surface area contributed by atoms with Gasteiger partial charge in [0.25, 0.3) is 0 Å². The van der Waals surface area contributed by atoms with Crippen LogP contribution < -0.4 is 0 Å². The highest BCUT2D eigenvalue weighted by molar-refractivity contribution is 5.81. The van der Waals surface area contributed by atoms with E-state index in [2.05, 4.69) is 4.74 Å². The maximum atomic E-state index is 10.8. The molecular formula is C13H16O3. The quantitative estimate of drug-likeness (QED) is 0.564. The summed E-state index contributed by atoms with van der Waals surface area (Å²) >= 11 is 0. The average Bonchev–Trinajstić information content (AvgIpc) is 2.34. The highest BCUT2D eigenvalue weighted by Gasteiger charge is 1.99. The molecule has 1 aromatic rings. The third kappa shape index (κ3) is 4.75. The molecule has 0 aliphatic rings. The van der Waals surface area contributed by atoms with E-state index >= 15 is 0 Å². The maximum absolute atomic E-state index is 10.8. The molecule has 1 atom stereocenters. The molecule has 1 rings (SSSR count). The van der Waals surface area contributed by atoms with E-state index in [9.17, 15) is 4.79 Å². The zero-order chi connectivity index (χ0) is 11.8. The molecule has 0 radical (unpaired) electrons. The minimum Gasteiger partial charge on any atom is -0.466 e. The number of carbonyl (C=O) groups is 1. The first-order valence-corrected chi connectivity index (χ1v) is 5.14. The van der Waals surface area contributed by atoms with Gasteiger partial charge in [0.2, 0.25) is 0 Å². The van der Waals surface area contributed by atoms with Crippen molar-refractivity contribution >= 4 is 5.97 Å². The Morgan fingerprint density at radius 1 is 1.38 bits per heavy atom. The van der Waals surface area contributed by atoms with Gasteiger partial charge in [-0.3, -0.25) is 0 Å². The zero-order valence-electron chi connectivity index (χ0n) is 9.55. The first-order chi connectivity index (χ1) is 7.72. The van der Waals surface area contributed by atoms with Gasteiger partial charge in [0.1, 0.15) is 0 Å². The fourth-order valence-corrected chi connectivity index (χ4v) is 1.14. The summed E-state index contributed by atoms with van der Waals surface area (Å²) < 4.78 is 10.0. The Morgan fingerprint density at radius 3 is 2.69 bits per heavy atom. The van der Waals surface area contributed by atoms with Gasteiger partial charge < -0.3 is 9.47 Å². The Labute approximate surface area is 95.7 Å². The molecule has 86 valence electrons. The van der Waals surface area contributed by atoms with Crippen LogP contribution in [-0.4, -0.2) is 19.2 Å². The molecule has 0 spiro atoms. The first kappa shape index (κ1) is 12.5. The van der Waals surface area contributed by atoms with Crippen LogP contribution in [0.4, 0.5) is 0 Å². The maximum Gasteiger partial charge on any atom is 0.330 e. The number of methoxy groups -OCH3 is 1. The van der Waals surface area contributed by atoms with Crippen molar-refractivity contribution in [2.45, 2.75) is 19.6 Å². The molecule has 1 aromatic carbocycles. The molecule has 0 aromatic heterocycles. The normalized spacial score (nSPS) is 12.6. The summed E-state index contributed by atoms with van der Waals surface area (Å²) in [5.74, 6) is -0.366. The van der Waals surface area contributed by atoms with Crippen LogP contribution in [0.3, 0.4) is 0 Å². The van der Waals surface area contributed by atoms with Gasteiger partial charge >= 0.3 is 5.97 Å². The van der Waals surface area contributed by atoms with Crippen LogP contribution in [0.1, 0.15) is 12.5 Å². The zero-order valence-corrected chi connectivity index (χ0v) is 9.55. The summed E-state index contributed by atoms with van der Waals surface area (Å²) in [4.78, 5) is 10.8. The molecule has 0 heterocycles. The van der Waals surface area contributed by atoms with Crippen molar-refractivity contribution in [1.29, 1.82) is 0 Å². The molecule has 16 heavy (non-hydrogen) atoms. The number of benzene rings is 1. The van der Waals surface area contributed by atoms with E-state index < -0.39 is 0 Å². The fourth-order valence-electron chi connectivity index (χ4n) is 1.14. The number of carbonyl (C=O) groups excluding carboxylic acids is 1. The van der Waals surface area contributed by atoms with Crippen molar-refractivity contribution in [1.82, 2.24) is 0 Å². The molecule has 0 amide bonds. The monoisotopic (exact) mass is 220 g/mol. The molecule has 0 saturated carbocycles. The highest BCUT2D eigenvalue weighted by Crippen LogP contribution is 2.03. The van der Waals surface area contributed by atoms with E-state index in [-0.39, 0.29) is 12.1 Å². The largest absolute Gasteiger partial charge is 0.466 e.